The summed E-state index contributed by atoms with van der Waals surface area (Å²) in [4.78, 5) is 23.3. The summed E-state index contributed by atoms with van der Waals surface area (Å²) < 4.78 is 75.1. The highest BCUT2D eigenvalue weighted by atomic mass is 19.4. The maximum atomic E-state index is 15.0. The van der Waals surface area contributed by atoms with Gasteiger partial charge < -0.3 is 10.1 Å². The van der Waals surface area contributed by atoms with Crippen molar-refractivity contribution in [1.82, 2.24) is 5.32 Å². The van der Waals surface area contributed by atoms with E-state index in [0.717, 1.165) is 12.1 Å². The summed E-state index contributed by atoms with van der Waals surface area (Å²) in [7, 11) is 0.686. The van der Waals surface area contributed by atoms with Crippen molar-refractivity contribution >= 4 is 17.2 Å². The molecule has 0 fully saturated rings. The number of halogens is 5. The Morgan fingerprint density at radius 1 is 1.12 bits per heavy atom. The minimum absolute atomic E-state index is 0.669. The van der Waals surface area contributed by atoms with Crippen LogP contribution < -0.4 is 5.32 Å². The van der Waals surface area contributed by atoms with Gasteiger partial charge in [-0.15, -0.1) is 0 Å². The fourth-order valence-corrected chi connectivity index (χ4v) is 3.47. The van der Waals surface area contributed by atoms with Crippen molar-refractivity contribution in [1.29, 1.82) is 10.5 Å². The average molecular weight is 484 g/mol. The number of benzene rings is 1. The zero-order valence-electron chi connectivity index (χ0n) is 18.2. The molecule has 0 aliphatic heterocycles. The molecule has 1 aliphatic carbocycles. The van der Waals surface area contributed by atoms with Crippen LogP contribution in [0.1, 0.15) is 26.3 Å². The van der Waals surface area contributed by atoms with Crippen LogP contribution in [0.5, 0.6) is 0 Å². The molecule has 13 heteroatoms. The normalized spacial score (nSPS) is 16.1. The number of allylic oxidation sites excluding steroid dienone is 1. The molecule has 0 radical (unpaired) electrons. The average Bonchev–Trinajstić information content (AvgIpc) is 3.01. The molecule has 0 spiro atoms. The quantitative estimate of drug-likeness (QED) is 0.284. The predicted molar refractivity (Wildman–Crippen MR) is 107 cm³/mol. The number of ether oxygens (including phenoxy) is 1. The lowest BCUT2D eigenvalue weighted by Crippen LogP contribution is -2.45. The van der Waals surface area contributed by atoms with Crippen LogP contribution in [0.25, 0.3) is 5.57 Å². The largest absolute Gasteiger partial charge is 0.465 e. The molecular formula is C21H17F5N4O4. The summed E-state index contributed by atoms with van der Waals surface area (Å²) in [6.45, 7) is 4.05. The van der Waals surface area contributed by atoms with Gasteiger partial charge in [-0.25, -0.2) is 4.79 Å². The lowest BCUT2D eigenvalue weighted by atomic mass is 9.77. The summed E-state index contributed by atoms with van der Waals surface area (Å²) in [6.07, 6.45) is -6.26. The van der Waals surface area contributed by atoms with E-state index in [4.69, 9.17) is 0 Å². The molecule has 0 aromatic heterocycles. The molecule has 1 aromatic carbocycles. The Morgan fingerprint density at radius 2 is 1.65 bits per heavy atom. The van der Waals surface area contributed by atoms with Crippen molar-refractivity contribution in [2.75, 3.05) is 7.11 Å². The second kappa shape index (κ2) is 8.41. The van der Waals surface area contributed by atoms with E-state index in [1.54, 1.807) is 0 Å². The maximum absolute atomic E-state index is 15.0. The van der Waals surface area contributed by atoms with Gasteiger partial charge in [0.2, 0.25) is 5.41 Å². The van der Waals surface area contributed by atoms with Gasteiger partial charge in [0.25, 0.3) is 5.69 Å². The van der Waals surface area contributed by atoms with E-state index in [1.807, 2.05) is 0 Å². The molecular weight excluding hydrogens is 467 g/mol. The zero-order chi connectivity index (χ0) is 26.3. The number of nitrogens with zero attached hydrogens (tertiary/aromatic N) is 3. The first-order valence-corrected chi connectivity index (χ1v) is 9.37. The molecule has 0 saturated heterocycles. The number of nitro groups is 1. The van der Waals surface area contributed by atoms with Crippen LogP contribution in [0.2, 0.25) is 0 Å². The first-order valence-electron chi connectivity index (χ1n) is 9.37. The third-order valence-electron chi connectivity index (χ3n) is 4.77. The molecule has 1 N–H and O–H groups in total. The lowest BCUT2D eigenvalue weighted by molar-refractivity contribution is -0.385. The van der Waals surface area contributed by atoms with E-state index in [9.17, 15) is 47.4 Å². The number of carbonyl (C=O) groups is 1. The SMILES string of the molecule is COC(=O)C1=C(c2ccccc2[N+](=O)[O-])C(C#N)(C#N)C(NC(C)(C)C)=C1C(F)(F)C(F)(F)F. The number of esters is 1. The summed E-state index contributed by atoms with van der Waals surface area (Å²) >= 11 is 0. The van der Waals surface area contributed by atoms with Gasteiger partial charge >= 0.3 is 18.1 Å². The molecule has 8 nitrogen and oxygen atoms in total. The Hall–Kier alpha value is -4.00. The van der Waals surface area contributed by atoms with Crippen molar-refractivity contribution < 1.29 is 36.4 Å². The van der Waals surface area contributed by atoms with Crippen molar-refractivity contribution in [2.24, 2.45) is 5.41 Å². The Labute approximate surface area is 190 Å². The fraction of sp³-hybridized carbons (Fsp3) is 0.381. The number of alkyl halides is 5. The van der Waals surface area contributed by atoms with E-state index >= 15 is 0 Å². The number of para-hydroxylation sites is 1. The van der Waals surface area contributed by atoms with E-state index in [1.165, 1.54) is 45.0 Å². The Morgan fingerprint density at radius 3 is 2.06 bits per heavy atom. The highest BCUT2D eigenvalue weighted by Crippen LogP contribution is 2.58. The zero-order valence-corrected chi connectivity index (χ0v) is 18.2. The Balaban J connectivity index is 3.27. The number of carbonyl (C=O) groups excluding carboxylic acids is 1. The molecule has 34 heavy (non-hydrogen) atoms. The van der Waals surface area contributed by atoms with Gasteiger partial charge in [-0.3, -0.25) is 10.1 Å². The lowest BCUT2D eigenvalue weighted by Gasteiger charge is -2.31. The van der Waals surface area contributed by atoms with Crippen LogP contribution in [-0.4, -0.2) is 35.6 Å². The van der Waals surface area contributed by atoms with Gasteiger partial charge in [0.1, 0.15) is 0 Å². The van der Waals surface area contributed by atoms with E-state index in [0.29, 0.717) is 7.11 Å². The summed E-state index contributed by atoms with van der Waals surface area (Å²) in [6, 6.07) is 6.97. The van der Waals surface area contributed by atoms with Crippen molar-refractivity contribution in [3.63, 3.8) is 0 Å². The topological polar surface area (TPSA) is 129 Å². The molecule has 0 amide bonds. The molecule has 0 bridgehead atoms. The van der Waals surface area contributed by atoms with Crippen LogP contribution in [0.4, 0.5) is 27.6 Å². The van der Waals surface area contributed by atoms with Gasteiger partial charge in [0.15, 0.2) is 0 Å². The second-order valence-electron chi connectivity index (χ2n) is 8.19. The van der Waals surface area contributed by atoms with Crippen LogP contribution in [-0.2, 0) is 9.53 Å². The highest BCUT2D eigenvalue weighted by Gasteiger charge is 2.67. The van der Waals surface area contributed by atoms with Crippen molar-refractivity contribution in [2.45, 2.75) is 38.4 Å². The molecule has 0 unspecified atom stereocenters. The number of nitro benzene ring substituents is 1. The van der Waals surface area contributed by atoms with Gasteiger partial charge in [-0.1, -0.05) is 12.1 Å². The van der Waals surface area contributed by atoms with Crippen LogP contribution in [0, 0.1) is 38.2 Å². The van der Waals surface area contributed by atoms with Gasteiger partial charge in [0.05, 0.1) is 46.6 Å². The highest BCUT2D eigenvalue weighted by molar-refractivity contribution is 6.09. The molecule has 0 heterocycles. The number of nitriles is 2. The molecule has 180 valence electrons. The minimum atomic E-state index is -6.26. The smallest absolute Gasteiger partial charge is 0.458 e. The number of rotatable bonds is 5. The summed E-state index contributed by atoms with van der Waals surface area (Å²) in [5.41, 5.74) is -11.5. The molecule has 1 aliphatic rings. The standard InChI is InChI=1S/C21H17F5N4O4/c1-18(2,3)29-16-15(20(22,23)21(24,25)26)13(17(31)34-4)14(19(16,9-27)10-28)11-7-5-6-8-12(11)30(32)33/h5-8,29H,1-4H3. The molecule has 0 atom stereocenters. The number of hydrogen-bond donors (Lipinski definition) is 1. The number of methoxy groups -OCH3 is 1. The first-order chi connectivity index (χ1) is 15.5. The third kappa shape index (κ3) is 4.05. The van der Waals surface area contributed by atoms with Crippen LogP contribution >= 0.6 is 0 Å². The third-order valence-corrected chi connectivity index (χ3v) is 4.77. The second-order valence-corrected chi connectivity index (χ2v) is 8.19. The Bertz CT molecular complexity index is 1180. The first kappa shape index (κ1) is 26.3. The van der Waals surface area contributed by atoms with Crippen LogP contribution in [0.15, 0.2) is 41.1 Å². The minimum Gasteiger partial charge on any atom is -0.465 e. The van der Waals surface area contributed by atoms with Crippen molar-refractivity contribution in [3.8, 4) is 12.1 Å². The predicted octanol–water partition coefficient (Wildman–Crippen LogP) is 4.41. The summed E-state index contributed by atoms with van der Waals surface area (Å²) in [5.74, 6) is -7.50. The van der Waals surface area contributed by atoms with Crippen molar-refractivity contribution in [3.05, 3.63) is 56.8 Å². The number of hydrogen-bond acceptors (Lipinski definition) is 7. The molecule has 0 saturated carbocycles. The molecule has 2 rings (SSSR count). The number of nitrogens with one attached hydrogen (secondary N) is 1. The van der Waals surface area contributed by atoms with E-state index in [2.05, 4.69) is 10.1 Å². The van der Waals surface area contributed by atoms with E-state index in [-0.39, 0.29) is 0 Å². The summed E-state index contributed by atoms with van der Waals surface area (Å²) in [5, 5.41) is 33.9. The Kier molecular flexibility index (Phi) is 6.49. The van der Waals surface area contributed by atoms with E-state index < -0.39 is 67.6 Å². The fourth-order valence-electron chi connectivity index (χ4n) is 3.47. The monoisotopic (exact) mass is 484 g/mol. The van der Waals surface area contributed by atoms with Gasteiger partial charge in [-0.05, 0) is 26.8 Å². The van der Waals surface area contributed by atoms with Gasteiger partial charge in [-0.2, -0.15) is 32.5 Å². The molecule has 1 aromatic rings. The van der Waals surface area contributed by atoms with Gasteiger partial charge in [0, 0.05) is 17.2 Å². The maximum Gasteiger partial charge on any atom is 0.458 e. The van der Waals surface area contributed by atoms with Crippen LogP contribution in [0.3, 0.4) is 0 Å².